The molecule has 8 heteroatoms. The minimum Gasteiger partial charge on any atom is -0.368 e. The van der Waals surface area contributed by atoms with E-state index in [1.54, 1.807) is 13.0 Å². The number of aromatic nitrogens is 2. The van der Waals surface area contributed by atoms with Crippen LogP contribution in [0.3, 0.4) is 0 Å². The van der Waals surface area contributed by atoms with E-state index in [1.165, 1.54) is 11.0 Å². The second-order valence-corrected chi connectivity index (χ2v) is 6.70. The first-order valence-electron chi connectivity index (χ1n) is 8.84. The Kier molecular flexibility index (Phi) is 5.66. The standard InChI is InChI=1S/C19H23N5O3/c1-14-7-8-17(25)24(21-14)13-18(26)23-10-9-22(12-16(23)19(20)27)11-15-5-3-2-4-6-15/h2-8,16H,9-13H2,1H3,(H2,20,27). The van der Waals surface area contributed by atoms with Gasteiger partial charge in [0.15, 0.2) is 0 Å². The highest BCUT2D eigenvalue weighted by Gasteiger charge is 2.34. The number of piperazine rings is 1. The third-order valence-electron chi connectivity index (χ3n) is 4.65. The zero-order chi connectivity index (χ0) is 19.4. The Hall–Kier alpha value is -3.00. The quantitative estimate of drug-likeness (QED) is 0.783. The Balaban J connectivity index is 1.70. The maximum atomic E-state index is 12.7. The SMILES string of the molecule is Cc1ccc(=O)n(CC(=O)N2CCN(Cc3ccccc3)CC2C(N)=O)n1. The lowest BCUT2D eigenvalue weighted by atomic mass is 10.1. The summed E-state index contributed by atoms with van der Waals surface area (Å²) in [6, 6.07) is 12.2. The highest BCUT2D eigenvalue weighted by molar-refractivity contribution is 5.87. The van der Waals surface area contributed by atoms with Crippen molar-refractivity contribution in [2.75, 3.05) is 19.6 Å². The zero-order valence-corrected chi connectivity index (χ0v) is 15.2. The van der Waals surface area contributed by atoms with Gasteiger partial charge in [-0.3, -0.25) is 19.3 Å². The maximum absolute atomic E-state index is 12.7. The molecule has 1 aliphatic heterocycles. The van der Waals surface area contributed by atoms with Crippen molar-refractivity contribution in [1.82, 2.24) is 19.6 Å². The zero-order valence-electron chi connectivity index (χ0n) is 15.2. The van der Waals surface area contributed by atoms with E-state index in [0.29, 0.717) is 31.9 Å². The summed E-state index contributed by atoms with van der Waals surface area (Å²) in [5.41, 5.74) is 6.98. The first-order valence-corrected chi connectivity index (χ1v) is 8.84. The highest BCUT2D eigenvalue weighted by atomic mass is 16.2. The predicted octanol–water partition coefficient (Wildman–Crippen LogP) is -0.250. The normalized spacial score (nSPS) is 17.7. The van der Waals surface area contributed by atoms with Crippen LogP contribution in [0.2, 0.25) is 0 Å². The summed E-state index contributed by atoms with van der Waals surface area (Å²) >= 11 is 0. The molecule has 2 aromatic rings. The Morgan fingerprint density at radius 1 is 1.15 bits per heavy atom. The molecule has 2 N–H and O–H groups in total. The molecule has 1 unspecified atom stereocenters. The molecule has 0 saturated carbocycles. The molecule has 1 aromatic heterocycles. The number of benzene rings is 1. The first kappa shape index (κ1) is 18.8. The molecule has 0 spiro atoms. The first-order chi connectivity index (χ1) is 12.9. The monoisotopic (exact) mass is 369 g/mol. The van der Waals surface area contributed by atoms with Crippen molar-refractivity contribution in [3.63, 3.8) is 0 Å². The van der Waals surface area contributed by atoms with E-state index in [1.807, 2.05) is 30.3 Å². The van der Waals surface area contributed by atoms with Gasteiger partial charge in [-0.15, -0.1) is 0 Å². The topological polar surface area (TPSA) is 102 Å². The van der Waals surface area contributed by atoms with E-state index in [0.717, 1.165) is 10.2 Å². The van der Waals surface area contributed by atoms with Crippen LogP contribution >= 0.6 is 0 Å². The molecule has 1 fully saturated rings. The van der Waals surface area contributed by atoms with E-state index < -0.39 is 11.9 Å². The van der Waals surface area contributed by atoms with Crippen molar-refractivity contribution in [2.24, 2.45) is 5.73 Å². The van der Waals surface area contributed by atoms with Gasteiger partial charge in [-0.2, -0.15) is 5.10 Å². The lowest BCUT2D eigenvalue weighted by Crippen LogP contribution is -2.60. The van der Waals surface area contributed by atoms with Crippen molar-refractivity contribution >= 4 is 11.8 Å². The number of hydrogen-bond donors (Lipinski definition) is 1. The van der Waals surface area contributed by atoms with Crippen molar-refractivity contribution < 1.29 is 9.59 Å². The average Bonchev–Trinajstić information content (AvgIpc) is 2.65. The lowest BCUT2D eigenvalue weighted by molar-refractivity contribution is -0.143. The molecule has 0 radical (unpaired) electrons. The summed E-state index contributed by atoms with van der Waals surface area (Å²) in [5.74, 6) is -0.885. The summed E-state index contributed by atoms with van der Waals surface area (Å²) in [4.78, 5) is 40.1. The fraction of sp³-hybridized carbons (Fsp3) is 0.368. The molecule has 142 valence electrons. The van der Waals surface area contributed by atoms with E-state index in [2.05, 4.69) is 10.00 Å². The van der Waals surface area contributed by atoms with Crippen LogP contribution in [0.25, 0.3) is 0 Å². The number of nitrogens with zero attached hydrogens (tertiary/aromatic N) is 4. The van der Waals surface area contributed by atoms with Crippen LogP contribution in [0, 0.1) is 6.92 Å². The van der Waals surface area contributed by atoms with Gasteiger partial charge in [-0.1, -0.05) is 30.3 Å². The van der Waals surface area contributed by atoms with E-state index in [4.69, 9.17) is 5.73 Å². The van der Waals surface area contributed by atoms with Crippen LogP contribution in [0.4, 0.5) is 0 Å². The Morgan fingerprint density at radius 3 is 2.59 bits per heavy atom. The van der Waals surface area contributed by atoms with Gasteiger partial charge < -0.3 is 10.6 Å². The molecule has 27 heavy (non-hydrogen) atoms. The molecule has 0 bridgehead atoms. The molecule has 1 aliphatic rings. The van der Waals surface area contributed by atoms with Gasteiger partial charge in [-0.05, 0) is 18.6 Å². The van der Waals surface area contributed by atoms with Crippen molar-refractivity contribution in [1.29, 1.82) is 0 Å². The predicted molar refractivity (Wildman–Crippen MR) is 99.6 cm³/mol. The van der Waals surface area contributed by atoms with E-state index in [-0.39, 0.29) is 18.0 Å². The van der Waals surface area contributed by atoms with Gasteiger partial charge in [0.2, 0.25) is 11.8 Å². The smallest absolute Gasteiger partial charge is 0.267 e. The molecule has 1 atom stereocenters. The number of hydrogen-bond acceptors (Lipinski definition) is 5. The molecule has 2 heterocycles. The Morgan fingerprint density at radius 2 is 1.89 bits per heavy atom. The number of primary amides is 1. The van der Waals surface area contributed by atoms with Gasteiger partial charge >= 0.3 is 0 Å². The van der Waals surface area contributed by atoms with Gasteiger partial charge in [0.25, 0.3) is 5.56 Å². The second-order valence-electron chi connectivity index (χ2n) is 6.70. The van der Waals surface area contributed by atoms with E-state index >= 15 is 0 Å². The average molecular weight is 369 g/mol. The highest BCUT2D eigenvalue weighted by Crippen LogP contribution is 2.14. The molecule has 1 aromatic carbocycles. The van der Waals surface area contributed by atoms with Gasteiger partial charge in [0, 0.05) is 32.2 Å². The van der Waals surface area contributed by atoms with Crippen LogP contribution in [0.1, 0.15) is 11.3 Å². The number of carbonyl (C=O) groups is 2. The maximum Gasteiger partial charge on any atom is 0.267 e. The number of amides is 2. The number of rotatable bonds is 5. The minimum atomic E-state index is -0.726. The van der Waals surface area contributed by atoms with Crippen LogP contribution in [0.5, 0.6) is 0 Å². The number of carbonyl (C=O) groups excluding carboxylic acids is 2. The molecule has 2 amide bonds. The van der Waals surface area contributed by atoms with Crippen LogP contribution in [0.15, 0.2) is 47.3 Å². The molecule has 3 rings (SSSR count). The fourth-order valence-electron chi connectivity index (χ4n) is 3.25. The molecule has 0 aliphatic carbocycles. The van der Waals surface area contributed by atoms with Crippen LogP contribution in [-0.2, 0) is 22.7 Å². The Labute approximate surface area is 157 Å². The third kappa shape index (κ3) is 4.59. The van der Waals surface area contributed by atoms with Crippen molar-refractivity contribution in [3.05, 3.63) is 64.1 Å². The molecular formula is C19H23N5O3. The van der Waals surface area contributed by atoms with Crippen molar-refractivity contribution in [2.45, 2.75) is 26.1 Å². The molecule has 8 nitrogen and oxygen atoms in total. The number of aryl methyl sites for hydroxylation is 1. The van der Waals surface area contributed by atoms with Crippen LogP contribution in [-0.4, -0.2) is 57.1 Å². The van der Waals surface area contributed by atoms with Gasteiger partial charge in [0.05, 0.1) is 5.69 Å². The lowest BCUT2D eigenvalue weighted by Gasteiger charge is -2.40. The fourth-order valence-corrected chi connectivity index (χ4v) is 3.25. The van der Waals surface area contributed by atoms with Crippen molar-refractivity contribution in [3.8, 4) is 0 Å². The second kappa shape index (κ2) is 8.13. The number of nitrogens with two attached hydrogens (primary N) is 1. The minimum absolute atomic E-state index is 0.205. The molecule has 1 saturated heterocycles. The molecular weight excluding hydrogens is 346 g/mol. The summed E-state index contributed by atoms with van der Waals surface area (Å²) in [6.45, 7) is 3.59. The largest absolute Gasteiger partial charge is 0.368 e. The van der Waals surface area contributed by atoms with Crippen LogP contribution < -0.4 is 11.3 Å². The summed E-state index contributed by atoms with van der Waals surface area (Å²) < 4.78 is 1.12. The van der Waals surface area contributed by atoms with Gasteiger partial charge in [0.1, 0.15) is 12.6 Å². The Bertz CT molecular complexity index is 880. The summed E-state index contributed by atoms with van der Waals surface area (Å²) in [6.07, 6.45) is 0. The summed E-state index contributed by atoms with van der Waals surface area (Å²) in [7, 11) is 0. The van der Waals surface area contributed by atoms with E-state index in [9.17, 15) is 14.4 Å². The van der Waals surface area contributed by atoms with Gasteiger partial charge in [-0.25, -0.2) is 4.68 Å². The summed E-state index contributed by atoms with van der Waals surface area (Å²) in [5, 5.41) is 4.08. The third-order valence-corrected chi connectivity index (χ3v) is 4.65.